The van der Waals surface area contributed by atoms with Crippen LogP contribution < -0.4 is 0 Å². The van der Waals surface area contributed by atoms with Crippen LogP contribution in [-0.2, 0) is 23.7 Å². The molecule has 0 amide bonds. The van der Waals surface area contributed by atoms with Crippen molar-refractivity contribution in [2.75, 3.05) is 39.6 Å². The molecule has 2 fully saturated rings. The predicted molar refractivity (Wildman–Crippen MR) is 69.9 cm³/mol. The molecule has 0 aliphatic carbocycles. The van der Waals surface area contributed by atoms with Crippen LogP contribution in [-0.4, -0.2) is 52.2 Å². The molecule has 2 unspecified atom stereocenters. The fourth-order valence-electron chi connectivity index (χ4n) is 2.26. The monoisotopic (exact) mass is 274 g/mol. The summed E-state index contributed by atoms with van der Waals surface area (Å²) in [4.78, 5) is 0. The summed E-state index contributed by atoms with van der Waals surface area (Å²) in [6.45, 7) is 4.00. The Morgan fingerprint density at radius 1 is 0.684 bits per heavy atom. The van der Waals surface area contributed by atoms with Gasteiger partial charge in [0.15, 0.2) is 12.6 Å². The maximum absolute atomic E-state index is 5.57. The molecular formula is C14H26O5. The lowest BCUT2D eigenvalue weighted by atomic mass is 10.2. The lowest BCUT2D eigenvalue weighted by Crippen LogP contribution is -2.25. The van der Waals surface area contributed by atoms with Crippen molar-refractivity contribution in [3.8, 4) is 0 Å². The third-order valence-corrected chi connectivity index (χ3v) is 3.34. The van der Waals surface area contributed by atoms with Gasteiger partial charge in [-0.3, -0.25) is 0 Å². The Labute approximate surface area is 115 Å². The lowest BCUT2D eigenvalue weighted by molar-refractivity contribution is -0.178. The van der Waals surface area contributed by atoms with Gasteiger partial charge in [0.2, 0.25) is 0 Å². The van der Waals surface area contributed by atoms with Crippen LogP contribution in [0, 0.1) is 0 Å². The summed E-state index contributed by atoms with van der Waals surface area (Å²) >= 11 is 0. The molecule has 0 aromatic rings. The highest BCUT2D eigenvalue weighted by Gasteiger charge is 2.14. The molecule has 2 aliphatic rings. The van der Waals surface area contributed by atoms with E-state index < -0.39 is 0 Å². The van der Waals surface area contributed by atoms with E-state index in [4.69, 9.17) is 23.7 Å². The molecule has 0 saturated carbocycles. The van der Waals surface area contributed by atoms with Crippen LogP contribution in [0.15, 0.2) is 0 Å². The maximum Gasteiger partial charge on any atom is 0.157 e. The molecule has 5 heteroatoms. The van der Waals surface area contributed by atoms with E-state index in [-0.39, 0.29) is 12.6 Å². The summed E-state index contributed by atoms with van der Waals surface area (Å²) in [5, 5.41) is 0. The standard InChI is InChI=1S/C14H26O5/c1-3-7-16-13(5-1)18-11-9-15-10-12-19-14-6-2-4-8-17-14/h13-14H,1-12H2. The molecule has 0 bridgehead atoms. The minimum absolute atomic E-state index is 0.0239. The van der Waals surface area contributed by atoms with E-state index in [0.29, 0.717) is 26.4 Å². The highest BCUT2D eigenvalue weighted by molar-refractivity contribution is 4.54. The molecule has 0 radical (unpaired) electrons. The van der Waals surface area contributed by atoms with Crippen LogP contribution in [0.25, 0.3) is 0 Å². The van der Waals surface area contributed by atoms with E-state index in [1.807, 2.05) is 0 Å². The average molecular weight is 274 g/mol. The van der Waals surface area contributed by atoms with Crippen LogP contribution in [0.3, 0.4) is 0 Å². The molecule has 0 aromatic carbocycles. The second-order valence-corrected chi connectivity index (χ2v) is 4.95. The Bertz CT molecular complexity index is 190. The van der Waals surface area contributed by atoms with Gasteiger partial charge in [0, 0.05) is 13.2 Å². The number of rotatable bonds is 8. The number of hydrogen-bond acceptors (Lipinski definition) is 5. The summed E-state index contributed by atoms with van der Waals surface area (Å²) in [6.07, 6.45) is 6.65. The van der Waals surface area contributed by atoms with Gasteiger partial charge in [-0.25, -0.2) is 0 Å². The molecule has 5 nitrogen and oxygen atoms in total. The minimum Gasteiger partial charge on any atom is -0.377 e. The van der Waals surface area contributed by atoms with Gasteiger partial charge in [0.1, 0.15) is 0 Å². The molecular weight excluding hydrogens is 248 g/mol. The third kappa shape index (κ3) is 6.68. The fraction of sp³-hybridized carbons (Fsp3) is 1.00. The number of ether oxygens (including phenoxy) is 5. The van der Waals surface area contributed by atoms with Crippen molar-refractivity contribution in [3.05, 3.63) is 0 Å². The number of hydrogen-bond donors (Lipinski definition) is 0. The Kier molecular flexibility index (Phi) is 7.73. The highest BCUT2D eigenvalue weighted by atomic mass is 16.7. The quantitative estimate of drug-likeness (QED) is 0.634. The van der Waals surface area contributed by atoms with Crippen LogP contribution >= 0.6 is 0 Å². The highest BCUT2D eigenvalue weighted by Crippen LogP contribution is 2.14. The van der Waals surface area contributed by atoms with Gasteiger partial charge in [-0.1, -0.05) is 0 Å². The van der Waals surface area contributed by atoms with Crippen LogP contribution in [0.4, 0.5) is 0 Å². The topological polar surface area (TPSA) is 46.2 Å². The van der Waals surface area contributed by atoms with Crippen molar-refractivity contribution in [1.29, 1.82) is 0 Å². The van der Waals surface area contributed by atoms with E-state index in [9.17, 15) is 0 Å². The van der Waals surface area contributed by atoms with Crippen LogP contribution in [0.1, 0.15) is 38.5 Å². The zero-order valence-corrected chi connectivity index (χ0v) is 11.7. The normalized spacial score (nSPS) is 28.4. The summed E-state index contributed by atoms with van der Waals surface area (Å²) in [7, 11) is 0. The van der Waals surface area contributed by atoms with Crippen LogP contribution in [0.5, 0.6) is 0 Å². The minimum atomic E-state index is -0.0239. The van der Waals surface area contributed by atoms with Gasteiger partial charge >= 0.3 is 0 Å². The largest absolute Gasteiger partial charge is 0.377 e. The SMILES string of the molecule is C1CCC(OCCOCCOC2CCCCO2)OC1. The van der Waals surface area contributed by atoms with Gasteiger partial charge in [0.05, 0.1) is 26.4 Å². The van der Waals surface area contributed by atoms with Crippen molar-refractivity contribution in [2.45, 2.75) is 51.1 Å². The van der Waals surface area contributed by atoms with Crippen molar-refractivity contribution in [2.24, 2.45) is 0 Å². The smallest absolute Gasteiger partial charge is 0.157 e. The van der Waals surface area contributed by atoms with Gasteiger partial charge < -0.3 is 23.7 Å². The van der Waals surface area contributed by atoms with E-state index in [1.165, 1.54) is 12.8 Å². The van der Waals surface area contributed by atoms with E-state index in [1.54, 1.807) is 0 Å². The second-order valence-electron chi connectivity index (χ2n) is 4.95. The summed E-state index contributed by atoms with van der Waals surface area (Å²) < 4.78 is 27.5. The molecule has 2 heterocycles. The molecule has 0 N–H and O–H groups in total. The van der Waals surface area contributed by atoms with Gasteiger partial charge in [-0.15, -0.1) is 0 Å². The molecule has 0 spiro atoms. The lowest BCUT2D eigenvalue weighted by Gasteiger charge is -2.23. The summed E-state index contributed by atoms with van der Waals surface area (Å²) in [5.41, 5.74) is 0. The Balaban J connectivity index is 1.35. The van der Waals surface area contributed by atoms with Crippen LogP contribution in [0.2, 0.25) is 0 Å². The van der Waals surface area contributed by atoms with Crippen molar-refractivity contribution >= 4 is 0 Å². The molecule has 112 valence electrons. The van der Waals surface area contributed by atoms with Crippen molar-refractivity contribution in [3.63, 3.8) is 0 Å². The van der Waals surface area contributed by atoms with Gasteiger partial charge in [0.25, 0.3) is 0 Å². The first-order valence-corrected chi connectivity index (χ1v) is 7.49. The molecule has 2 saturated heterocycles. The van der Waals surface area contributed by atoms with Crippen molar-refractivity contribution < 1.29 is 23.7 Å². The Morgan fingerprint density at radius 2 is 1.21 bits per heavy atom. The first-order chi connectivity index (χ1) is 9.45. The Morgan fingerprint density at radius 3 is 1.63 bits per heavy atom. The van der Waals surface area contributed by atoms with E-state index in [0.717, 1.165) is 38.9 Å². The fourth-order valence-corrected chi connectivity index (χ4v) is 2.26. The maximum atomic E-state index is 5.57. The van der Waals surface area contributed by atoms with E-state index in [2.05, 4.69) is 0 Å². The second kappa shape index (κ2) is 9.66. The molecule has 0 aromatic heterocycles. The zero-order valence-electron chi connectivity index (χ0n) is 11.7. The van der Waals surface area contributed by atoms with Gasteiger partial charge in [-0.05, 0) is 38.5 Å². The van der Waals surface area contributed by atoms with Gasteiger partial charge in [-0.2, -0.15) is 0 Å². The molecule has 2 aliphatic heterocycles. The molecule has 2 rings (SSSR count). The summed E-state index contributed by atoms with van der Waals surface area (Å²) in [5.74, 6) is 0. The predicted octanol–water partition coefficient (Wildman–Crippen LogP) is 2.09. The molecule has 2 atom stereocenters. The first-order valence-electron chi connectivity index (χ1n) is 7.49. The summed E-state index contributed by atoms with van der Waals surface area (Å²) in [6, 6.07) is 0. The Hall–Kier alpha value is -0.200. The van der Waals surface area contributed by atoms with Crippen molar-refractivity contribution in [1.82, 2.24) is 0 Å². The molecule has 19 heavy (non-hydrogen) atoms. The average Bonchev–Trinajstić information content (AvgIpc) is 2.48. The first kappa shape index (κ1) is 15.2. The van der Waals surface area contributed by atoms with E-state index >= 15 is 0 Å². The third-order valence-electron chi connectivity index (χ3n) is 3.34. The zero-order chi connectivity index (χ0) is 13.2.